The summed E-state index contributed by atoms with van der Waals surface area (Å²) in [7, 11) is -4.03. The number of carbonyl (C=O) groups excluding carboxylic acids is 1. The number of rotatable bonds is 5. The quantitative estimate of drug-likeness (QED) is 0.693. The van der Waals surface area contributed by atoms with Gasteiger partial charge in [0.1, 0.15) is 9.90 Å². The summed E-state index contributed by atoms with van der Waals surface area (Å²) in [6, 6.07) is 7.86. The largest absolute Gasteiger partial charge is 0.274 e. The van der Waals surface area contributed by atoms with Crippen LogP contribution in [-0.2, 0) is 21.2 Å². The van der Waals surface area contributed by atoms with Gasteiger partial charge in [0.25, 0.3) is 10.0 Å². The van der Waals surface area contributed by atoms with Gasteiger partial charge in [-0.05, 0) is 24.5 Å². The molecule has 2 heterocycles. The maximum atomic E-state index is 12.1. The van der Waals surface area contributed by atoms with Crippen molar-refractivity contribution in [2.75, 3.05) is 0 Å². The van der Waals surface area contributed by atoms with Crippen molar-refractivity contribution in [3.05, 3.63) is 51.4 Å². The molecule has 0 aliphatic heterocycles. The van der Waals surface area contributed by atoms with Crippen molar-refractivity contribution >= 4 is 50.4 Å². The first-order valence-corrected chi connectivity index (χ1v) is 10.6. The molecule has 0 spiro atoms. The Morgan fingerprint density at radius 2 is 2.12 bits per heavy atom. The summed E-state index contributed by atoms with van der Waals surface area (Å²) in [6.45, 7) is 1.99. The predicted molar refractivity (Wildman–Crippen MR) is 98.4 cm³/mol. The van der Waals surface area contributed by atoms with Gasteiger partial charge in [0.2, 0.25) is 5.91 Å². The highest BCUT2D eigenvalue weighted by atomic mass is 35.5. The van der Waals surface area contributed by atoms with Crippen LogP contribution in [0.1, 0.15) is 11.3 Å². The zero-order valence-electron chi connectivity index (χ0n) is 12.9. The Hall–Kier alpha value is -1.81. The zero-order chi connectivity index (χ0) is 18.0. The second-order valence-corrected chi connectivity index (χ2v) is 8.68. The van der Waals surface area contributed by atoms with Crippen LogP contribution in [0.2, 0.25) is 5.15 Å². The molecule has 0 saturated heterocycles. The van der Waals surface area contributed by atoms with Crippen LogP contribution in [0.15, 0.2) is 39.9 Å². The molecule has 3 rings (SSSR count). The van der Waals surface area contributed by atoms with E-state index in [4.69, 9.17) is 11.6 Å². The molecular formula is C15H12ClN3O3S3. The number of thiazole rings is 1. The Morgan fingerprint density at radius 1 is 1.32 bits per heavy atom. The Balaban J connectivity index is 1.71. The minimum atomic E-state index is -4.03. The lowest BCUT2D eigenvalue weighted by atomic mass is 10.1. The number of aromatic nitrogens is 2. The Bertz CT molecular complexity index is 1030. The van der Waals surface area contributed by atoms with Gasteiger partial charge in [-0.1, -0.05) is 35.4 Å². The molecule has 1 aromatic carbocycles. The van der Waals surface area contributed by atoms with Crippen molar-refractivity contribution in [2.24, 2.45) is 0 Å². The number of hydrogen-bond donors (Lipinski definition) is 1. The van der Waals surface area contributed by atoms with Crippen LogP contribution < -0.4 is 4.72 Å². The van der Waals surface area contributed by atoms with Crippen molar-refractivity contribution < 1.29 is 13.2 Å². The van der Waals surface area contributed by atoms with Gasteiger partial charge in [-0.3, -0.25) is 4.79 Å². The molecule has 0 fully saturated rings. The summed E-state index contributed by atoms with van der Waals surface area (Å²) in [5, 5.41) is 3.64. The molecule has 0 radical (unpaired) electrons. The number of hydrogen-bond acceptors (Lipinski definition) is 7. The maximum Gasteiger partial charge on any atom is 0.268 e. The smallest absolute Gasteiger partial charge is 0.268 e. The van der Waals surface area contributed by atoms with Crippen LogP contribution in [0, 0.1) is 6.92 Å². The first kappa shape index (κ1) is 18.0. The van der Waals surface area contributed by atoms with E-state index in [1.165, 1.54) is 16.7 Å². The number of nitrogens with zero attached hydrogens (tertiary/aromatic N) is 2. The second kappa shape index (κ2) is 7.20. The lowest BCUT2D eigenvalue weighted by Gasteiger charge is -2.04. The van der Waals surface area contributed by atoms with E-state index in [1.54, 1.807) is 5.38 Å². The summed E-state index contributed by atoms with van der Waals surface area (Å²) in [6.07, 6.45) is -0.142. The first-order valence-electron chi connectivity index (χ1n) is 7.02. The van der Waals surface area contributed by atoms with Crippen LogP contribution >= 0.6 is 34.5 Å². The van der Waals surface area contributed by atoms with Gasteiger partial charge >= 0.3 is 0 Å². The molecule has 1 N–H and O–H groups in total. The normalized spacial score (nSPS) is 11.4. The monoisotopic (exact) mass is 413 g/mol. The highest BCUT2D eigenvalue weighted by molar-refractivity contribution is 7.90. The van der Waals surface area contributed by atoms with Crippen LogP contribution in [0.4, 0.5) is 0 Å². The standard InChI is InChI=1S/C15H12ClN3O3S3/c1-9-3-2-4-10(5-9)15-17-11(7-23-15)6-13(20)19-25(21,22)12-8-24-18-14(12)16/h2-5,7-8H,6H2,1H3,(H,19,20). The van der Waals surface area contributed by atoms with E-state index >= 15 is 0 Å². The van der Waals surface area contributed by atoms with Crippen molar-refractivity contribution in [1.82, 2.24) is 14.1 Å². The van der Waals surface area contributed by atoms with Crippen molar-refractivity contribution in [2.45, 2.75) is 18.2 Å². The maximum absolute atomic E-state index is 12.1. The van der Waals surface area contributed by atoms with E-state index in [0.717, 1.165) is 27.7 Å². The fraction of sp³-hybridized carbons (Fsp3) is 0.133. The summed E-state index contributed by atoms with van der Waals surface area (Å²) in [4.78, 5) is 16.2. The van der Waals surface area contributed by atoms with Gasteiger partial charge in [0.15, 0.2) is 5.15 Å². The van der Waals surface area contributed by atoms with Crippen LogP contribution in [0.25, 0.3) is 10.6 Å². The molecule has 0 aliphatic carbocycles. The molecular weight excluding hydrogens is 402 g/mol. The van der Waals surface area contributed by atoms with E-state index in [9.17, 15) is 13.2 Å². The van der Waals surface area contributed by atoms with E-state index < -0.39 is 15.9 Å². The summed E-state index contributed by atoms with van der Waals surface area (Å²) >= 11 is 8.01. The SMILES string of the molecule is Cc1cccc(-c2nc(CC(=O)NS(=O)(=O)c3csnc3Cl)cs2)c1. The molecule has 1 amide bonds. The minimum Gasteiger partial charge on any atom is -0.274 e. The lowest BCUT2D eigenvalue weighted by molar-refractivity contribution is -0.118. The molecule has 0 aliphatic rings. The third-order valence-corrected chi connectivity index (χ3v) is 6.80. The van der Waals surface area contributed by atoms with Crippen LogP contribution in [0.3, 0.4) is 0 Å². The first-order chi connectivity index (χ1) is 11.8. The molecule has 130 valence electrons. The topological polar surface area (TPSA) is 89.0 Å². The van der Waals surface area contributed by atoms with E-state index in [-0.39, 0.29) is 16.5 Å². The fourth-order valence-corrected chi connectivity index (χ4v) is 5.35. The lowest BCUT2D eigenvalue weighted by Crippen LogP contribution is -2.31. The highest BCUT2D eigenvalue weighted by Gasteiger charge is 2.23. The summed E-state index contributed by atoms with van der Waals surface area (Å²) in [5.74, 6) is -0.677. The molecule has 0 unspecified atom stereocenters. The van der Waals surface area contributed by atoms with E-state index in [0.29, 0.717) is 5.69 Å². The third-order valence-electron chi connectivity index (χ3n) is 3.19. The average molecular weight is 414 g/mol. The Labute approximate surface area is 157 Å². The van der Waals surface area contributed by atoms with Crippen LogP contribution in [-0.4, -0.2) is 23.7 Å². The molecule has 6 nitrogen and oxygen atoms in total. The van der Waals surface area contributed by atoms with Crippen molar-refractivity contribution in [1.29, 1.82) is 0 Å². The Kier molecular flexibility index (Phi) is 5.19. The fourth-order valence-electron chi connectivity index (χ4n) is 2.09. The Morgan fingerprint density at radius 3 is 2.80 bits per heavy atom. The number of aryl methyl sites for hydroxylation is 1. The van der Waals surface area contributed by atoms with Gasteiger partial charge in [-0.15, -0.1) is 11.3 Å². The predicted octanol–water partition coefficient (Wildman–Crippen LogP) is 3.28. The van der Waals surface area contributed by atoms with Crippen molar-refractivity contribution in [3.63, 3.8) is 0 Å². The number of amides is 1. The van der Waals surface area contributed by atoms with Crippen LogP contribution in [0.5, 0.6) is 0 Å². The zero-order valence-corrected chi connectivity index (χ0v) is 16.1. The number of benzene rings is 1. The molecule has 0 saturated carbocycles. The third kappa shape index (κ3) is 4.24. The molecule has 0 bridgehead atoms. The van der Waals surface area contributed by atoms with Gasteiger partial charge in [0.05, 0.1) is 12.1 Å². The van der Waals surface area contributed by atoms with Gasteiger partial charge in [-0.25, -0.2) is 18.1 Å². The molecule has 25 heavy (non-hydrogen) atoms. The minimum absolute atomic E-state index is 0.142. The number of halogens is 1. The molecule has 2 aromatic heterocycles. The highest BCUT2D eigenvalue weighted by Crippen LogP contribution is 2.25. The van der Waals surface area contributed by atoms with Gasteiger partial charge in [-0.2, -0.15) is 4.37 Å². The number of sulfonamides is 1. The van der Waals surface area contributed by atoms with E-state index in [2.05, 4.69) is 9.36 Å². The second-order valence-electron chi connectivity index (χ2n) is 5.19. The average Bonchev–Trinajstić information content (AvgIpc) is 3.16. The van der Waals surface area contributed by atoms with Gasteiger partial charge in [0, 0.05) is 16.3 Å². The molecule has 10 heteroatoms. The van der Waals surface area contributed by atoms with Crippen molar-refractivity contribution in [3.8, 4) is 10.6 Å². The summed E-state index contributed by atoms with van der Waals surface area (Å²) in [5.41, 5.74) is 2.57. The number of carbonyl (C=O) groups is 1. The summed E-state index contributed by atoms with van der Waals surface area (Å²) < 4.78 is 29.9. The van der Waals surface area contributed by atoms with Gasteiger partial charge < -0.3 is 0 Å². The number of nitrogens with one attached hydrogen (secondary N) is 1. The molecule has 0 atom stereocenters. The molecule has 3 aromatic rings. The van der Waals surface area contributed by atoms with E-state index in [1.807, 2.05) is 35.9 Å².